The summed E-state index contributed by atoms with van der Waals surface area (Å²) in [4.78, 5) is 0. The smallest absolute Gasteiger partial charge is 0.118 e. The average molecular weight is 307 g/mol. The molecule has 3 rings (SSSR count). The first kappa shape index (κ1) is 15.2. The number of benzene rings is 1. The Morgan fingerprint density at radius 1 is 1.29 bits per heavy atom. The Kier molecular flexibility index (Phi) is 5.09. The van der Waals surface area contributed by atoms with Gasteiger partial charge in [0.05, 0.1) is 12.7 Å². The van der Waals surface area contributed by atoms with Gasteiger partial charge in [-0.15, -0.1) is 0 Å². The van der Waals surface area contributed by atoms with Gasteiger partial charge < -0.3 is 14.8 Å². The van der Waals surface area contributed by atoms with Crippen molar-refractivity contribution in [3.8, 4) is 5.75 Å². The van der Waals surface area contributed by atoms with Crippen molar-refractivity contribution in [3.63, 3.8) is 0 Å². The fraction of sp³-hybridized carbons (Fsp3) is 0.647. The first-order valence-corrected chi connectivity index (χ1v) is 9.03. The minimum Gasteiger partial charge on any atom is -0.497 e. The van der Waals surface area contributed by atoms with Gasteiger partial charge in [-0.05, 0) is 54.9 Å². The van der Waals surface area contributed by atoms with Crippen molar-refractivity contribution in [3.05, 3.63) is 29.8 Å². The zero-order valence-electron chi connectivity index (χ0n) is 12.8. The van der Waals surface area contributed by atoms with E-state index in [0.29, 0.717) is 6.04 Å². The number of thioether (sulfide) groups is 1. The average Bonchev–Trinajstić information content (AvgIpc) is 2.54. The van der Waals surface area contributed by atoms with E-state index >= 15 is 0 Å². The molecule has 2 fully saturated rings. The standard InChI is InChI=1S/C17H25NO2S/c1-19-16-4-2-14(3-5-16)13-18-15-6-9-20-17(12-15)7-10-21-11-8-17/h2-5,15,18H,6-13H2,1H3. The van der Waals surface area contributed by atoms with Gasteiger partial charge in [-0.2, -0.15) is 11.8 Å². The second-order valence-corrected chi connectivity index (χ2v) is 7.29. The molecular formula is C17H25NO2S. The summed E-state index contributed by atoms with van der Waals surface area (Å²) in [5.74, 6) is 3.43. The molecule has 1 aromatic carbocycles. The molecule has 0 radical (unpaired) electrons. The van der Waals surface area contributed by atoms with Gasteiger partial charge in [-0.3, -0.25) is 0 Å². The number of hydrogen-bond acceptors (Lipinski definition) is 4. The van der Waals surface area contributed by atoms with Gasteiger partial charge in [0.2, 0.25) is 0 Å². The van der Waals surface area contributed by atoms with Crippen LogP contribution >= 0.6 is 11.8 Å². The fourth-order valence-corrected chi connectivity index (χ4v) is 4.54. The molecule has 1 unspecified atom stereocenters. The summed E-state index contributed by atoms with van der Waals surface area (Å²) in [6.07, 6.45) is 4.74. The molecule has 0 amide bonds. The summed E-state index contributed by atoms with van der Waals surface area (Å²) in [6, 6.07) is 8.92. The Balaban J connectivity index is 1.52. The number of nitrogens with one attached hydrogen (secondary N) is 1. The SMILES string of the molecule is COc1ccc(CNC2CCOC3(CCSCC3)C2)cc1. The molecule has 2 aliphatic heterocycles. The van der Waals surface area contributed by atoms with Gasteiger partial charge in [0.15, 0.2) is 0 Å². The van der Waals surface area contributed by atoms with Crippen LogP contribution in [0.3, 0.4) is 0 Å². The maximum absolute atomic E-state index is 6.15. The maximum Gasteiger partial charge on any atom is 0.118 e. The van der Waals surface area contributed by atoms with E-state index in [1.165, 1.54) is 36.3 Å². The molecule has 0 aliphatic carbocycles. The van der Waals surface area contributed by atoms with Crippen LogP contribution in [0, 0.1) is 0 Å². The van der Waals surface area contributed by atoms with Crippen molar-refractivity contribution in [1.82, 2.24) is 5.32 Å². The van der Waals surface area contributed by atoms with Crippen LogP contribution in [0.5, 0.6) is 5.75 Å². The van der Waals surface area contributed by atoms with Crippen LogP contribution in [-0.4, -0.2) is 36.9 Å². The van der Waals surface area contributed by atoms with E-state index in [1.807, 2.05) is 12.1 Å². The second kappa shape index (κ2) is 7.03. The van der Waals surface area contributed by atoms with Crippen molar-refractivity contribution in [2.75, 3.05) is 25.2 Å². The molecule has 0 aromatic heterocycles. The van der Waals surface area contributed by atoms with Gasteiger partial charge in [-0.25, -0.2) is 0 Å². The van der Waals surface area contributed by atoms with Crippen molar-refractivity contribution in [2.24, 2.45) is 0 Å². The lowest BCUT2D eigenvalue weighted by Gasteiger charge is -2.43. The lowest BCUT2D eigenvalue weighted by atomic mass is 9.85. The number of rotatable bonds is 4. The van der Waals surface area contributed by atoms with E-state index in [0.717, 1.165) is 25.3 Å². The summed E-state index contributed by atoms with van der Waals surface area (Å²) >= 11 is 2.07. The highest BCUT2D eigenvalue weighted by molar-refractivity contribution is 7.99. The van der Waals surface area contributed by atoms with E-state index < -0.39 is 0 Å². The number of hydrogen-bond donors (Lipinski definition) is 1. The van der Waals surface area contributed by atoms with E-state index in [2.05, 4.69) is 29.2 Å². The molecule has 1 aromatic rings. The highest BCUT2D eigenvalue weighted by Crippen LogP contribution is 2.37. The van der Waals surface area contributed by atoms with Gasteiger partial charge in [0, 0.05) is 19.2 Å². The molecule has 0 bridgehead atoms. The lowest BCUT2D eigenvalue weighted by Crippen LogP contribution is -2.48. The van der Waals surface area contributed by atoms with Crippen LogP contribution in [0.1, 0.15) is 31.2 Å². The van der Waals surface area contributed by atoms with Crippen LogP contribution < -0.4 is 10.1 Å². The molecule has 1 N–H and O–H groups in total. The summed E-state index contributed by atoms with van der Waals surface area (Å²) in [6.45, 7) is 1.84. The predicted octanol–water partition coefficient (Wildman–Crippen LogP) is 3.23. The maximum atomic E-state index is 6.15. The molecule has 3 nitrogen and oxygen atoms in total. The van der Waals surface area contributed by atoms with E-state index in [1.54, 1.807) is 7.11 Å². The summed E-state index contributed by atoms with van der Waals surface area (Å²) in [5.41, 5.74) is 1.48. The van der Waals surface area contributed by atoms with Gasteiger partial charge in [0.25, 0.3) is 0 Å². The first-order valence-electron chi connectivity index (χ1n) is 7.88. The topological polar surface area (TPSA) is 30.5 Å². The van der Waals surface area contributed by atoms with E-state index in [9.17, 15) is 0 Å². The molecule has 21 heavy (non-hydrogen) atoms. The molecule has 2 saturated heterocycles. The Labute approximate surface area is 131 Å². The van der Waals surface area contributed by atoms with Crippen LogP contribution in [-0.2, 0) is 11.3 Å². The monoisotopic (exact) mass is 307 g/mol. The number of ether oxygens (including phenoxy) is 2. The van der Waals surface area contributed by atoms with Crippen molar-refractivity contribution >= 4 is 11.8 Å². The minimum absolute atomic E-state index is 0.168. The largest absolute Gasteiger partial charge is 0.497 e. The van der Waals surface area contributed by atoms with Crippen LogP contribution in [0.25, 0.3) is 0 Å². The highest BCUT2D eigenvalue weighted by atomic mass is 32.2. The zero-order valence-corrected chi connectivity index (χ0v) is 13.6. The lowest BCUT2D eigenvalue weighted by molar-refractivity contribution is -0.0933. The third kappa shape index (κ3) is 3.93. The van der Waals surface area contributed by atoms with E-state index in [-0.39, 0.29) is 5.60 Å². The summed E-state index contributed by atoms with van der Waals surface area (Å²) < 4.78 is 11.3. The van der Waals surface area contributed by atoms with Crippen LogP contribution in [0.2, 0.25) is 0 Å². The first-order chi connectivity index (χ1) is 10.3. The molecular weight excluding hydrogens is 282 g/mol. The molecule has 1 atom stereocenters. The Hall–Kier alpha value is -0.710. The Morgan fingerprint density at radius 3 is 2.76 bits per heavy atom. The fourth-order valence-electron chi connectivity index (χ4n) is 3.30. The normalized spacial score (nSPS) is 24.9. The van der Waals surface area contributed by atoms with Crippen molar-refractivity contribution < 1.29 is 9.47 Å². The number of methoxy groups -OCH3 is 1. The third-order valence-corrected chi connectivity index (χ3v) is 5.64. The molecule has 116 valence electrons. The molecule has 2 aliphatic rings. The van der Waals surface area contributed by atoms with Gasteiger partial charge in [0.1, 0.15) is 5.75 Å². The third-order valence-electron chi connectivity index (χ3n) is 4.65. The molecule has 1 spiro atoms. The second-order valence-electron chi connectivity index (χ2n) is 6.06. The highest BCUT2D eigenvalue weighted by Gasteiger charge is 2.38. The van der Waals surface area contributed by atoms with E-state index in [4.69, 9.17) is 9.47 Å². The Morgan fingerprint density at radius 2 is 2.05 bits per heavy atom. The summed E-state index contributed by atoms with van der Waals surface area (Å²) in [7, 11) is 1.71. The predicted molar refractivity (Wildman–Crippen MR) is 88.1 cm³/mol. The quantitative estimate of drug-likeness (QED) is 0.925. The van der Waals surface area contributed by atoms with Crippen LogP contribution in [0.4, 0.5) is 0 Å². The van der Waals surface area contributed by atoms with Crippen molar-refractivity contribution in [1.29, 1.82) is 0 Å². The van der Waals surface area contributed by atoms with Crippen LogP contribution in [0.15, 0.2) is 24.3 Å². The van der Waals surface area contributed by atoms with Crippen molar-refractivity contribution in [2.45, 2.75) is 43.9 Å². The Bertz CT molecular complexity index is 437. The van der Waals surface area contributed by atoms with Gasteiger partial charge in [-0.1, -0.05) is 12.1 Å². The molecule has 0 saturated carbocycles. The molecule has 4 heteroatoms. The zero-order chi connectivity index (χ0) is 14.5. The summed E-state index contributed by atoms with van der Waals surface area (Å²) in [5, 5.41) is 3.72. The minimum atomic E-state index is 0.168. The van der Waals surface area contributed by atoms with Gasteiger partial charge >= 0.3 is 0 Å². The molecule has 2 heterocycles.